The lowest BCUT2D eigenvalue weighted by Gasteiger charge is -2.00. The molecule has 0 bridgehead atoms. The maximum absolute atomic E-state index is 10.7. The number of rotatable bonds is 3. The van der Waals surface area contributed by atoms with E-state index in [1.165, 1.54) is 6.92 Å². The molecule has 0 spiro atoms. The van der Waals surface area contributed by atoms with Gasteiger partial charge in [0.1, 0.15) is 5.75 Å². The van der Waals surface area contributed by atoms with Crippen molar-refractivity contribution < 1.29 is 19.4 Å². The maximum atomic E-state index is 10.7. The van der Waals surface area contributed by atoms with E-state index in [0.29, 0.717) is 5.75 Å². The number of benzene rings is 1. The van der Waals surface area contributed by atoms with Gasteiger partial charge in [-0.05, 0) is 26.0 Å². The molecule has 0 aromatic heterocycles. The lowest BCUT2D eigenvalue weighted by atomic mass is 10.2. The molecule has 96 valence electrons. The van der Waals surface area contributed by atoms with Crippen molar-refractivity contribution in [2.24, 2.45) is 0 Å². The summed E-state index contributed by atoms with van der Waals surface area (Å²) in [6, 6.07) is 7.25. The quantitative estimate of drug-likeness (QED) is 0.507. The lowest BCUT2D eigenvalue weighted by Crippen LogP contribution is -2.02. The standard InChI is InChI=1S/C10H10O2.C4H6O2/c1-3-10(11)12-9-6-4-8(2)5-7-9;1-3(2)4(5)6/h3-7H,1H2,2H3;1H2,2H3,(H,5,6). The molecule has 0 amide bonds. The van der Waals surface area contributed by atoms with Gasteiger partial charge in [0.15, 0.2) is 0 Å². The molecule has 1 aromatic carbocycles. The van der Waals surface area contributed by atoms with Crippen molar-refractivity contribution in [1.29, 1.82) is 0 Å². The average molecular weight is 248 g/mol. The third-order valence-corrected chi connectivity index (χ3v) is 1.77. The summed E-state index contributed by atoms with van der Waals surface area (Å²) in [6.07, 6.45) is 1.14. The summed E-state index contributed by atoms with van der Waals surface area (Å²) >= 11 is 0. The van der Waals surface area contributed by atoms with E-state index in [-0.39, 0.29) is 5.57 Å². The third-order valence-electron chi connectivity index (χ3n) is 1.77. The van der Waals surface area contributed by atoms with Crippen molar-refractivity contribution in [3.63, 3.8) is 0 Å². The normalized spacial score (nSPS) is 8.56. The van der Waals surface area contributed by atoms with E-state index in [1.54, 1.807) is 12.1 Å². The van der Waals surface area contributed by atoms with Crippen LogP contribution in [0, 0.1) is 6.92 Å². The highest BCUT2D eigenvalue weighted by atomic mass is 16.5. The van der Waals surface area contributed by atoms with Crippen LogP contribution in [0.3, 0.4) is 0 Å². The fourth-order valence-electron chi connectivity index (χ4n) is 0.764. The Balaban J connectivity index is 0.000000411. The molecule has 0 radical (unpaired) electrons. The Bertz CT molecular complexity index is 431. The number of esters is 1. The van der Waals surface area contributed by atoms with Gasteiger partial charge in [-0.3, -0.25) is 0 Å². The van der Waals surface area contributed by atoms with Gasteiger partial charge >= 0.3 is 11.9 Å². The first-order valence-electron chi connectivity index (χ1n) is 5.16. The summed E-state index contributed by atoms with van der Waals surface area (Å²) in [7, 11) is 0. The van der Waals surface area contributed by atoms with Gasteiger partial charge in [-0.15, -0.1) is 0 Å². The number of carbonyl (C=O) groups excluding carboxylic acids is 1. The molecule has 0 fully saturated rings. The molecule has 1 N–H and O–H groups in total. The monoisotopic (exact) mass is 248 g/mol. The van der Waals surface area contributed by atoms with Crippen LogP contribution in [0.15, 0.2) is 49.1 Å². The zero-order valence-corrected chi connectivity index (χ0v) is 10.5. The van der Waals surface area contributed by atoms with Gasteiger partial charge in [0.05, 0.1) is 0 Å². The van der Waals surface area contributed by atoms with Crippen LogP contribution in [0.5, 0.6) is 5.75 Å². The Kier molecular flexibility index (Phi) is 6.81. The molecule has 0 saturated heterocycles. The van der Waals surface area contributed by atoms with Crippen LogP contribution >= 0.6 is 0 Å². The molecule has 1 rings (SSSR count). The van der Waals surface area contributed by atoms with Gasteiger partial charge < -0.3 is 9.84 Å². The Labute approximate surface area is 106 Å². The minimum atomic E-state index is -0.935. The van der Waals surface area contributed by atoms with Crippen LogP contribution in [0.2, 0.25) is 0 Å². The third kappa shape index (κ3) is 7.00. The summed E-state index contributed by atoms with van der Waals surface area (Å²) < 4.78 is 4.86. The van der Waals surface area contributed by atoms with Crippen LogP contribution in [0.25, 0.3) is 0 Å². The van der Waals surface area contributed by atoms with E-state index < -0.39 is 11.9 Å². The van der Waals surface area contributed by atoms with E-state index in [0.717, 1.165) is 11.6 Å². The van der Waals surface area contributed by atoms with Crippen LogP contribution in [-0.4, -0.2) is 17.0 Å². The first kappa shape index (κ1) is 15.6. The largest absolute Gasteiger partial charge is 0.478 e. The molecule has 4 nitrogen and oxygen atoms in total. The van der Waals surface area contributed by atoms with Crippen LogP contribution in [0.1, 0.15) is 12.5 Å². The van der Waals surface area contributed by atoms with Crippen molar-refractivity contribution in [1.82, 2.24) is 0 Å². The van der Waals surface area contributed by atoms with Crippen molar-refractivity contribution in [2.75, 3.05) is 0 Å². The van der Waals surface area contributed by atoms with Gasteiger partial charge in [0.2, 0.25) is 0 Å². The van der Waals surface area contributed by atoms with Gasteiger partial charge in [-0.1, -0.05) is 30.9 Å². The number of aliphatic carboxylic acids is 1. The predicted octanol–water partition coefficient (Wildman–Crippen LogP) is 2.73. The number of carbonyl (C=O) groups is 2. The molecule has 18 heavy (non-hydrogen) atoms. The predicted molar refractivity (Wildman–Crippen MR) is 69.5 cm³/mol. The second kappa shape index (κ2) is 7.84. The van der Waals surface area contributed by atoms with Crippen molar-refractivity contribution in [3.05, 3.63) is 54.6 Å². The van der Waals surface area contributed by atoms with E-state index in [4.69, 9.17) is 9.84 Å². The number of carboxylic acid groups (broad SMARTS) is 1. The minimum absolute atomic E-state index is 0.176. The molecule has 0 heterocycles. The number of hydrogen-bond acceptors (Lipinski definition) is 3. The van der Waals surface area contributed by atoms with Crippen LogP contribution in [0.4, 0.5) is 0 Å². The summed E-state index contributed by atoms with van der Waals surface area (Å²) in [6.45, 7) is 9.87. The summed E-state index contributed by atoms with van der Waals surface area (Å²) in [4.78, 5) is 20.3. The van der Waals surface area contributed by atoms with Gasteiger partial charge in [-0.2, -0.15) is 0 Å². The molecule has 1 aromatic rings. The van der Waals surface area contributed by atoms with Crippen molar-refractivity contribution in [3.8, 4) is 5.75 Å². The molecular formula is C14H16O4. The fourth-order valence-corrected chi connectivity index (χ4v) is 0.764. The van der Waals surface area contributed by atoms with Gasteiger partial charge in [0, 0.05) is 11.6 Å². The molecule has 0 unspecified atom stereocenters. The zero-order valence-electron chi connectivity index (χ0n) is 10.5. The molecular weight excluding hydrogens is 232 g/mol. The molecule has 0 aliphatic heterocycles. The molecule has 0 saturated carbocycles. The number of hydrogen-bond donors (Lipinski definition) is 1. The van der Waals surface area contributed by atoms with E-state index >= 15 is 0 Å². The molecule has 4 heteroatoms. The highest BCUT2D eigenvalue weighted by Gasteiger charge is 1.97. The van der Waals surface area contributed by atoms with E-state index in [9.17, 15) is 9.59 Å². The number of carboxylic acids is 1. The smallest absolute Gasteiger partial charge is 0.335 e. The minimum Gasteiger partial charge on any atom is -0.478 e. The second-order valence-corrected chi connectivity index (χ2v) is 3.52. The molecule has 0 aliphatic carbocycles. The van der Waals surface area contributed by atoms with Crippen LogP contribution < -0.4 is 4.74 Å². The van der Waals surface area contributed by atoms with Gasteiger partial charge in [-0.25, -0.2) is 9.59 Å². The summed E-state index contributed by atoms with van der Waals surface area (Å²) in [5.74, 6) is -0.820. The second-order valence-electron chi connectivity index (χ2n) is 3.52. The SMILES string of the molecule is C=C(C)C(=O)O.C=CC(=O)Oc1ccc(C)cc1. The number of aryl methyl sites for hydroxylation is 1. The zero-order chi connectivity index (χ0) is 14.1. The first-order valence-corrected chi connectivity index (χ1v) is 5.16. The Hall–Kier alpha value is -2.36. The van der Waals surface area contributed by atoms with Crippen molar-refractivity contribution >= 4 is 11.9 Å². The van der Waals surface area contributed by atoms with E-state index in [1.807, 2.05) is 19.1 Å². The topological polar surface area (TPSA) is 63.6 Å². The maximum Gasteiger partial charge on any atom is 0.335 e. The number of ether oxygens (including phenoxy) is 1. The highest BCUT2D eigenvalue weighted by molar-refractivity contribution is 5.84. The van der Waals surface area contributed by atoms with Crippen molar-refractivity contribution in [2.45, 2.75) is 13.8 Å². The Morgan fingerprint density at radius 3 is 2.06 bits per heavy atom. The first-order chi connectivity index (χ1) is 8.36. The average Bonchev–Trinajstić information content (AvgIpc) is 2.32. The fraction of sp³-hybridized carbons (Fsp3) is 0.143. The van der Waals surface area contributed by atoms with Crippen LogP contribution in [-0.2, 0) is 9.59 Å². The molecule has 0 atom stereocenters. The lowest BCUT2D eigenvalue weighted by molar-refractivity contribution is -0.132. The summed E-state index contributed by atoms with van der Waals surface area (Å²) in [5, 5.41) is 7.89. The highest BCUT2D eigenvalue weighted by Crippen LogP contribution is 2.11. The molecule has 0 aliphatic rings. The van der Waals surface area contributed by atoms with Gasteiger partial charge in [0.25, 0.3) is 0 Å². The van der Waals surface area contributed by atoms with E-state index in [2.05, 4.69) is 13.2 Å². The summed E-state index contributed by atoms with van der Waals surface area (Å²) in [5.41, 5.74) is 1.31. The Morgan fingerprint density at radius 2 is 1.72 bits per heavy atom. The Morgan fingerprint density at radius 1 is 1.28 bits per heavy atom.